The Hall–Kier alpha value is -2.07. The van der Waals surface area contributed by atoms with Gasteiger partial charge >= 0.3 is 0 Å². The van der Waals surface area contributed by atoms with Crippen LogP contribution in [0.2, 0.25) is 5.02 Å². The third-order valence-corrected chi connectivity index (χ3v) is 2.88. The van der Waals surface area contributed by atoms with Crippen molar-refractivity contribution in [1.29, 1.82) is 5.41 Å². The van der Waals surface area contributed by atoms with Crippen LogP contribution in [0.1, 0.15) is 11.1 Å². The van der Waals surface area contributed by atoms with Gasteiger partial charge < -0.3 is 16.5 Å². The van der Waals surface area contributed by atoms with Crippen LogP contribution >= 0.6 is 11.6 Å². The third-order valence-electron chi connectivity index (χ3n) is 2.53. The van der Waals surface area contributed by atoms with Crippen LogP contribution in [0.5, 0.6) is 0 Å². The first-order valence-electron chi connectivity index (χ1n) is 5.44. The van der Waals surface area contributed by atoms with Crippen LogP contribution in [0, 0.1) is 5.41 Å². The molecule has 0 bridgehead atoms. The Morgan fingerprint density at radius 3 is 2.89 bits per heavy atom. The number of hydrogen-bond donors (Lipinski definition) is 3. The molecule has 0 radical (unpaired) electrons. The number of benzene rings is 1. The number of anilines is 2. The molecule has 0 saturated heterocycles. The van der Waals surface area contributed by atoms with E-state index in [1.165, 1.54) is 6.21 Å². The molecule has 92 valence electrons. The molecule has 0 aliphatic carbocycles. The van der Waals surface area contributed by atoms with E-state index in [9.17, 15) is 0 Å². The first-order chi connectivity index (χ1) is 8.70. The Bertz CT molecular complexity index is 554. The average molecular weight is 261 g/mol. The van der Waals surface area contributed by atoms with E-state index >= 15 is 0 Å². The molecule has 2 aromatic rings. The van der Waals surface area contributed by atoms with Crippen molar-refractivity contribution in [3.63, 3.8) is 0 Å². The van der Waals surface area contributed by atoms with Gasteiger partial charge in [0.15, 0.2) is 0 Å². The highest BCUT2D eigenvalue weighted by Gasteiger charge is 2.05. The van der Waals surface area contributed by atoms with Crippen molar-refractivity contribution < 1.29 is 0 Å². The zero-order valence-corrected chi connectivity index (χ0v) is 10.4. The highest BCUT2D eigenvalue weighted by Crippen LogP contribution is 2.23. The molecule has 0 aliphatic rings. The zero-order valence-electron chi connectivity index (χ0n) is 9.65. The molecular weight excluding hydrogens is 248 g/mol. The van der Waals surface area contributed by atoms with Gasteiger partial charge in [-0.3, -0.25) is 0 Å². The van der Waals surface area contributed by atoms with Gasteiger partial charge in [-0.05, 0) is 29.8 Å². The maximum Gasteiger partial charge on any atom is 0.126 e. The molecule has 0 spiro atoms. The number of halogens is 1. The van der Waals surface area contributed by atoms with E-state index in [0.29, 0.717) is 22.8 Å². The fraction of sp³-hybridized carbons (Fsp3) is 0.0769. The molecule has 0 saturated carbocycles. The Labute approximate surface area is 110 Å². The van der Waals surface area contributed by atoms with Crippen molar-refractivity contribution in [1.82, 2.24) is 4.98 Å². The van der Waals surface area contributed by atoms with Crippen LogP contribution in [0.15, 0.2) is 36.5 Å². The number of rotatable bonds is 4. The number of aromatic nitrogens is 1. The molecule has 1 aromatic heterocycles. The first-order valence-corrected chi connectivity index (χ1v) is 5.82. The zero-order chi connectivity index (χ0) is 13.0. The molecule has 0 amide bonds. The molecule has 0 aliphatic heterocycles. The van der Waals surface area contributed by atoms with Gasteiger partial charge in [-0.2, -0.15) is 0 Å². The number of nitrogens with two attached hydrogens (primary N) is 1. The summed E-state index contributed by atoms with van der Waals surface area (Å²) in [4.78, 5) is 4.16. The number of hydrogen-bond acceptors (Lipinski definition) is 4. The van der Waals surface area contributed by atoms with Gasteiger partial charge in [0.25, 0.3) is 0 Å². The van der Waals surface area contributed by atoms with Crippen LogP contribution in [0.25, 0.3) is 0 Å². The Morgan fingerprint density at radius 1 is 1.39 bits per heavy atom. The fourth-order valence-electron chi connectivity index (χ4n) is 1.57. The average Bonchev–Trinajstić information content (AvgIpc) is 2.40. The van der Waals surface area contributed by atoms with Crippen molar-refractivity contribution in [3.05, 3.63) is 52.7 Å². The lowest BCUT2D eigenvalue weighted by molar-refractivity contribution is 1.11. The Balaban J connectivity index is 2.15. The highest BCUT2D eigenvalue weighted by molar-refractivity contribution is 6.31. The molecule has 0 atom stereocenters. The summed E-state index contributed by atoms with van der Waals surface area (Å²) >= 11 is 6.13. The van der Waals surface area contributed by atoms with E-state index in [4.69, 9.17) is 22.7 Å². The summed E-state index contributed by atoms with van der Waals surface area (Å²) in [6.07, 6.45) is 2.91. The molecule has 2 rings (SSSR count). The smallest absolute Gasteiger partial charge is 0.126 e. The van der Waals surface area contributed by atoms with Crippen molar-refractivity contribution in [2.75, 3.05) is 11.1 Å². The summed E-state index contributed by atoms with van der Waals surface area (Å²) in [6.45, 7) is 0.540. The predicted octanol–water partition coefficient (Wildman–Crippen LogP) is 2.93. The minimum absolute atomic E-state index is 0.540. The first kappa shape index (κ1) is 12.4. The molecule has 0 unspecified atom stereocenters. The maximum absolute atomic E-state index is 7.20. The Morgan fingerprint density at radius 2 is 2.22 bits per heavy atom. The van der Waals surface area contributed by atoms with Gasteiger partial charge in [0.05, 0.1) is 0 Å². The molecule has 1 aromatic carbocycles. The SMILES string of the molecule is N=Cc1cc(Cl)c(CNc2ccccn2)cc1N. The minimum Gasteiger partial charge on any atom is -0.398 e. The second-order valence-corrected chi connectivity index (χ2v) is 4.19. The van der Waals surface area contributed by atoms with E-state index in [0.717, 1.165) is 11.4 Å². The number of nitrogen functional groups attached to an aromatic ring is 1. The summed E-state index contributed by atoms with van der Waals surface area (Å²) in [5.41, 5.74) is 7.87. The van der Waals surface area contributed by atoms with E-state index in [2.05, 4.69) is 10.3 Å². The van der Waals surface area contributed by atoms with Crippen LogP contribution < -0.4 is 11.1 Å². The maximum atomic E-state index is 7.20. The van der Waals surface area contributed by atoms with Gasteiger partial charge in [0.1, 0.15) is 5.82 Å². The molecule has 1 heterocycles. The van der Waals surface area contributed by atoms with Crippen molar-refractivity contribution in [2.45, 2.75) is 6.54 Å². The van der Waals surface area contributed by atoms with Gasteiger partial charge in [0, 0.05) is 35.2 Å². The molecule has 4 N–H and O–H groups in total. The number of pyridine rings is 1. The lowest BCUT2D eigenvalue weighted by atomic mass is 10.1. The lowest BCUT2D eigenvalue weighted by Gasteiger charge is -2.09. The molecule has 4 nitrogen and oxygen atoms in total. The van der Waals surface area contributed by atoms with E-state index in [1.807, 2.05) is 18.2 Å². The largest absolute Gasteiger partial charge is 0.398 e. The highest BCUT2D eigenvalue weighted by atomic mass is 35.5. The molecule has 0 fully saturated rings. The van der Waals surface area contributed by atoms with Gasteiger partial charge in [-0.25, -0.2) is 4.98 Å². The standard InChI is InChI=1S/C13H13ClN4/c14-11-5-9(7-15)12(16)6-10(11)8-18-13-3-1-2-4-17-13/h1-7,15H,8,16H2,(H,17,18). The van der Waals surface area contributed by atoms with Gasteiger partial charge in [-0.15, -0.1) is 0 Å². The lowest BCUT2D eigenvalue weighted by Crippen LogP contribution is -2.03. The molecular formula is C13H13ClN4. The number of nitrogens with zero attached hydrogens (tertiary/aromatic N) is 1. The second kappa shape index (κ2) is 5.51. The van der Waals surface area contributed by atoms with E-state index in [-0.39, 0.29) is 0 Å². The van der Waals surface area contributed by atoms with Crippen molar-refractivity contribution >= 4 is 29.3 Å². The predicted molar refractivity (Wildman–Crippen MR) is 75.3 cm³/mol. The van der Waals surface area contributed by atoms with Gasteiger partial charge in [0.2, 0.25) is 0 Å². The molecule has 5 heteroatoms. The van der Waals surface area contributed by atoms with Crippen LogP contribution in [0.4, 0.5) is 11.5 Å². The third kappa shape index (κ3) is 2.78. The fourth-order valence-corrected chi connectivity index (χ4v) is 1.81. The second-order valence-electron chi connectivity index (χ2n) is 3.79. The number of nitrogens with one attached hydrogen (secondary N) is 2. The quantitative estimate of drug-likeness (QED) is 0.584. The summed E-state index contributed by atoms with van der Waals surface area (Å²) in [6, 6.07) is 9.11. The normalized spacial score (nSPS) is 10.1. The monoisotopic (exact) mass is 260 g/mol. The van der Waals surface area contributed by atoms with E-state index in [1.54, 1.807) is 18.3 Å². The summed E-state index contributed by atoms with van der Waals surface area (Å²) < 4.78 is 0. The van der Waals surface area contributed by atoms with Crippen LogP contribution in [-0.4, -0.2) is 11.2 Å². The molecule has 18 heavy (non-hydrogen) atoms. The van der Waals surface area contributed by atoms with Crippen molar-refractivity contribution in [2.24, 2.45) is 0 Å². The van der Waals surface area contributed by atoms with Gasteiger partial charge in [-0.1, -0.05) is 17.7 Å². The summed E-state index contributed by atoms with van der Waals surface area (Å²) in [7, 11) is 0. The van der Waals surface area contributed by atoms with E-state index < -0.39 is 0 Å². The van der Waals surface area contributed by atoms with Crippen LogP contribution in [0.3, 0.4) is 0 Å². The van der Waals surface area contributed by atoms with Crippen LogP contribution in [-0.2, 0) is 6.54 Å². The topological polar surface area (TPSA) is 74.8 Å². The Kier molecular flexibility index (Phi) is 3.79. The minimum atomic E-state index is 0.540. The van der Waals surface area contributed by atoms with Crippen molar-refractivity contribution in [3.8, 4) is 0 Å². The summed E-state index contributed by atoms with van der Waals surface area (Å²) in [5.74, 6) is 0.781. The summed E-state index contributed by atoms with van der Waals surface area (Å²) in [5, 5.41) is 10.9.